The molecule has 20 heavy (non-hydrogen) atoms. The number of hydrogen-bond acceptors (Lipinski definition) is 2. The van der Waals surface area contributed by atoms with E-state index in [9.17, 15) is 0 Å². The summed E-state index contributed by atoms with van der Waals surface area (Å²) in [5, 5.41) is 0. The van der Waals surface area contributed by atoms with E-state index in [1.54, 1.807) is 0 Å². The molecule has 0 amide bonds. The minimum atomic E-state index is 0.355. The molecule has 1 heterocycles. The van der Waals surface area contributed by atoms with Crippen LogP contribution in [0.25, 0.3) is 0 Å². The Labute approximate surface area is 125 Å². The lowest BCUT2D eigenvalue weighted by atomic mass is 9.66. The van der Waals surface area contributed by atoms with Crippen LogP contribution in [0.3, 0.4) is 0 Å². The molecule has 3 rings (SSSR count). The average Bonchev–Trinajstić information content (AvgIpc) is 2.48. The third kappa shape index (κ3) is 2.78. The molecule has 2 N–H and O–H groups in total. The van der Waals surface area contributed by atoms with Gasteiger partial charge in [-0.15, -0.1) is 0 Å². The third-order valence-electron chi connectivity index (χ3n) is 6.86. The number of likely N-dealkylation sites (tertiary alicyclic amines) is 1. The molecule has 1 saturated heterocycles. The van der Waals surface area contributed by atoms with Gasteiger partial charge >= 0.3 is 0 Å². The van der Waals surface area contributed by atoms with Crippen molar-refractivity contribution in [2.75, 3.05) is 19.6 Å². The lowest BCUT2D eigenvalue weighted by molar-refractivity contribution is -0.0217. The fraction of sp³-hybridized carbons (Fsp3) is 1.00. The summed E-state index contributed by atoms with van der Waals surface area (Å²) in [6, 6.07) is 0. The van der Waals surface area contributed by atoms with Gasteiger partial charge in [0.15, 0.2) is 0 Å². The smallest absolute Gasteiger partial charge is 0.0334 e. The highest BCUT2D eigenvalue weighted by molar-refractivity contribution is 4.99. The van der Waals surface area contributed by atoms with E-state index < -0.39 is 0 Å². The molecule has 2 aliphatic carbocycles. The highest BCUT2D eigenvalue weighted by Gasteiger charge is 2.43. The summed E-state index contributed by atoms with van der Waals surface area (Å²) in [6.07, 6.45) is 15.9. The summed E-state index contributed by atoms with van der Waals surface area (Å²) in [5.74, 6) is 0.873. The Kier molecular flexibility index (Phi) is 4.42. The molecular weight excluding hydrogens is 244 g/mol. The molecule has 2 heteroatoms. The van der Waals surface area contributed by atoms with Crippen LogP contribution in [0.1, 0.15) is 77.6 Å². The Morgan fingerprint density at radius 1 is 0.950 bits per heavy atom. The maximum absolute atomic E-state index is 6.26. The second-order valence-electron chi connectivity index (χ2n) is 8.18. The molecule has 2 saturated carbocycles. The number of rotatable bonds is 2. The second-order valence-corrected chi connectivity index (χ2v) is 8.18. The largest absolute Gasteiger partial charge is 0.329 e. The van der Waals surface area contributed by atoms with Crippen molar-refractivity contribution in [3.63, 3.8) is 0 Å². The quantitative estimate of drug-likeness (QED) is 0.829. The van der Waals surface area contributed by atoms with Crippen molar-refractivity contribution in [2.24, 2.45) is 17.1 Å². The summed E-state index contributed by atoms with van der Waals surface area (Å²) < 4.78 is 0. The van der Waals surface area contributed by atoms with Gasteiger partial charge in [-0.2, -0.15) is 0 Å². The molecule has 0 aromatic rings. The maximum Gasteiger partial charge on any atom is 0.0334 e. The van der Waals surface area contributed by atoms with Crippen molar-refractivity contribution in [3.8, 4) is 0 Å². The van der Waals surface area contributed by atoms with Gasteiger partial charge in [-0.3, -0.25) is 4.90 Å². The van der Waals surface area contributed by atoms with E-state index in [0.717, 1.165) is 17.9 Å². The van der Waals surface area contributed by atoms with E-state index in [-0.39, 0.29) is 0 Å². The minimum Gasteiger partial charge on any atom is -0.329 e. The minimum absolute atomic E-state index is 0.355. The zero-order valence-corrected chi connectivity index (χ0v) is 13.5. The summed E-state index contributed by atoms with van der Waals surface area (Å²) >= 11 is 0. The van der Waals surface area contributed by atoms with Crippen molar-refractivity contribution in [3.05, 3.63) is 0 Å². The van der Waals surface area contributed by atoms with Gasteiger partial charge in [-0.05, 0) is 62.9 Å². The van der Waals surface area contributed by atoms with E-state index in [1.165, 1.54) is 83.7 Å². The van der Waals surface area contributed by atoms with Crippen molar-refractivity contribution in [2.45, 2.75) is 83.1 Å². The van der Waals surface area contributed by atoms with Gasteiger partial charge in [0.1, 0.15) is 0 Å². The fourth-order valence-corrected chi connectivity index (χ4v) is 5.49. The van der Waals surface area contributed by atoms with Crippen LogP contribution in [-0.4, -0.2) is 30.1 Å². The highest BCUT2D eigenvalue weighted by atomic mass is 15.2. The molecule has 1 spiro atoms. The predicted octanol–water partition coefficient (Wildman–Crippen LogP) is 3.94. The van der Waals surface area contributed by atoms with Gasteiger partial charge in [0.25, 0.3) is 0 Å². The van der Waals surface area contributed by atoms with E-state index in [4.69, 9.17) is 5.73 Å². The normalized spacial score (nSPS) is 39.0. The van der Waals surface area contributed by atoms with Crippen LogP contribution >= 0.6 is 0 Å². The van der Waals surface area contributed by atoms with Crippen molar-refractivity contribution < 1.29 is 0 Å². The Balaban J connectivity index is 1.64. The molecule has 0 radical (unpaired) electrons. The van der Waals surface area contributed by atoms with Crippen LogP contribution in [-0.2, 0) is 0 Å². The van der Waals surface area contributed by atoms with Crippen molar-refractivity contribution >= 4 is 0 Å². The topological polar surface area (TPSA) is 29.3 Å². The van der Waals surface area contributed by atoms with Crippen LogP contribution in [0, 0.1) is 11.3 Å². The maximum atomic E-state index is 6.26. The van der Waals surface area contributed by atoms with Gasteiger partial charge in [-0.1, -0.05) is 39.0 Å². The Hall–Kier alpha value is -0.0800. The molecule has 3 aliphatic rings. The summed E-state index contributed by atoms with van der Waals surface area (Å²) in [4.78, 5) is 2.81. The third-order valence-corrected chi connectivity index (χ3v) is 6.86. The summed E-state index contributed by atoms with van der Waals surface area (Å²) in [5.41, 5.74) is 7.34. The number of nitrogens with two attached hydrogens (primary N) is 1. The molecule has 116 valence electrons. The van der Waals surface area contributed by atoms with Crippen LogP contribution in [0.15, 0.2) is 0 Å². The monoisotopic (exact) mass is 278 g/mol. The number of piperidine rings is 1. The molecule has 2 unspecified atom stereocenters. The van der Waals surface area contributed by atoms with E-state index in [1.807, 2.05) is 0 Å². The fourth-order valence-electron chi connectivity index (χ4n) is 5.49. The standard InChI is InChI=1S/C18H34N2/c1-16-6-5-9-18(14-16,15-19)20-12-10-17(11-13-20)7-3-2-4-8-17/h16H,2-15,19H2,1H3. The number of hydrogen-bond donors (Lipinski definition) is 1. The second kappa shape index (κ2) is 5.96. The van der Waals surface area contributed by atoms with Crippen LogP contribution in [0.2, 0.25) is 0 Å². The molecule has 0 aromatic carbocycles. The zero-order valence-electron chi connectivity index (χ0n) is 13.5. The molecule has 1 aliphatic heterocycles. The molecular formula is C18H34N2. The predicted molar refractivity (Wildman–Crippen MR) is 85.7 cm³/mol. The van der Waals surface area contributed by atoms with E-state index in [0.29, 0.717) is 5.54 Å². The Bertz CT molecular complexity index is 311. The van der Waals surface area contributed by atoms with E-state index in [2.05, 4.69) is 11.8 Å². The summed E-state index contributed by atoms with van der Waals surface area (Å²) in [7, 11) is 0. The van der Waals surface area contributed by atoms with E-state index >= 15 is 0 Å². The number of nitrogens with zero attached hydrogens (tertiary/aromatic N) is 1. The van der Waals surface area contributed by atoms with Gasteiger partial charge < -0.3 is 5.73 Å². The molecule has 2 atom stereocenters. The first kappa shape index (κ1) is 14.8. The first-order valence-corrected chi connectivity index (χ1v) is 9.13. The lowest BCUT2D eigenvalue weighted by Gasteiger charge is -2.53. The highest BCUT2D eigenvalue weighted by Crippen LogP contribution is 2.47. The van der Waals surface area contributed by atoms with Crippen molar-refractivity contribution in [1.29, 1.82) is 0 Å². The SMILES string of the molecule is CC1CCCC(CN)(N2CCC3(CCCCC3)CC2)C1. The first-order valence-electron chi connectivity index (χ1n) is 9.13. The van der Waals surface area contributed by atoms with Gasteiger partial charge in [0, 0.05) is 12.1 Å². The molecule has 0 aromatic heterocycles. The van der Waals surface area contributed by atoms with Crippen LogP contribution in [0.5, 0.6) is 0 Å². The van der Waals surface area contributed by atoms with Gasteiger partial charge in [-0.25, -0.2) is 0 Å². The first-order chi connectivity index (χ1) is 9.68. The van der Waals surface area contributed by atoms with Gasteiger partial charge in [0.05, 0.1) is 0 Å². The molecule has 0 bridgehead atoms. The van der Waals surface area contributed by atoms with Crippen LogP contribution < -0.4 is 5.73 Å². The lowest BCUT2D eigenvalue weighted by Crippen LogP contribution is -2.59. The zero-order chi connectivity index (χ0) is 14.1. The van der Waals surface area contributed by atoms with Gasteiger partial charge in [0.2, 0.25) is 0 Å². The Morgan fingerprint density at radius 3 is 2.25 bits per heavy atom. The van der Waals surface area contributed by atoms with Crippen molar-refractivity contribution in [1.82, 2.24) is 4.90 Å². The average molecular weight is 278 g/mol. The molecule has 3 fully saturated rings. The molecule has 2 nitrogen and oxygen atoms in total. The van der Waals surface area contributed by atoms with Crippen LogP contribution in [0.4, 0.5) is 0 Å². The Morgan fingerprint density at radius 2 is 1.65 bits per heavy atom. The summed E-state index contributed by atoms with van der Waals surface area (Å²) in [6.45, 7) is 5.95.